The number of alkyl halides is 3. The number of fused-ring (bicyclic) bond motifs is 1. The first kappa shape index (κ1) is 17.0. The lowest BCUT2D eigenvalue weighted by atomic mass is 10.1. The first-order chi connectivity index (χ1) is 13.0. The molecular formula is C17H13F3N6O. The van der Waals surface area contributed by atoms with Crippen molar-refractivity contribution in [2.75, 3.05) is 0 Å². The van der Waals surface area contributed by atoms with E-state index in [1.807, 2.05) is 6.07 Å². The Kier molecular flexibility index (Phi) is 4.04. The third kappa shape index (κ3) is 3.22. The minimum Gasteiger partial charge on any atom is -0.406 e. The van der Waals surface area contributed by atoms with Gasteiger partial charge in [-0.1, -0.05) is 0 Å². The van der Waals surface area contributed by atoms with Crippen LogP contribution < -0.4 is 10.5 Å². The predicted octanol–water partition coefficient (Wildman–Crippen LogP) is 3.17. The minimum atomic E-state index is -4.74. The van der Waals surface area contributed by atoms with Gasteiger partial charge in [0.15, 0.2) is 5.65 Å². The van der Waals surface area contributed by atoms with Gasteiger partial charge in [-0.3, -0.25) is 0 Å². The number of rotatable bonds is 4. The normalized spacial score (nSPS) is 11.9. The van der Waals surface area contributed by atoms with Crippen molar-refractivity contribution in [3.05, 3.63) is 54.7 Å². The number of hydrogen-bond donors (Lipinski definition) is 2. The lowest BCUT2D eigenvalue weighted by molar-refractivity contribution is -0.274. The molecule has 0 aliphatic rings. The average Bonchev–Trinajstić information content (AvgIpc) is 3.29. The first-order valence-electron chi connectivity index (χ1n) is 7.88. The Hall–Kier alpha value is -3.40. The fraction of sp³-hybridized carbons (Fsp3) is 0.118. The maximum absolute atomic E-state index is 12.3. The zero-order valence-electron chi connectivity index (χ0n) is 13.7. The van der Waals surface area contributed by atoms with Gasteiger partial charge in [-0.05, 0) is 30.3 Å². The van der Waals surface area contributed by atoms with Gasteiger partial charge < -0.3 is 15.5 Å². The molecule has 3 N–H and O–H groups in total. The Morgan fingerprint density at radius 2 is 1.93 bits per heavy atom. The molecular weight excluding hydrogens is 361 g/mol. The highest BCUT2D eigenvalue weighted by molar-refractivity contribution is 5.94. The zero-order chi connectivity index (χ0) is 19.0. The summed E-state index contributed by atoms with van der Waals surface area (Å²) < 4.78 is 42.4. The van der Waals surface area contributed by atoms with E-state index < -0.39 is 6.36 Å². The summed E-state index contributed by atoms with van der Waals surface area (Å²) >= 11 is 0. The number of aromatic nitrogens is 5. The second kappa shape index (κ2) is 6.40. The lowest BCUT2D eigenvalue weighted by Gasteiger charge is -2.09. The van der Waals surface area contributed by atoms with Crippen LogP contribution in [-0.4, -0.2) is 31.1 Å². The van der Waals surface area contributed by atoms with Gasteiger partial charge in [-0.2, -0.15) is 5.10 Å². The van der Waals surface area contributed by atoms with E-state index in [1.54, 1.807) is 18.7 Å². The summed E-state index contributed by atoms with van der Waals surface area (Å²) in [5.41, 5.74) is 9.14. The fourth-order valence-electron chi connectivity index (χ4n) is 2.85. The summed E-state index contributed by atoms with van der Waals surface area (Å²) in [7, 11) is 0. The zero-order valence-corrected chi connectivity index (χ0v) is 13.7. The molecule has 0 aliphatic carbocycles. The van der Waals surface area contributed by atoms with E-state index in [4.69, 9.17) is 5.73 Å². The van der Waals surface area contributed by atoms with Gasteiger partial charge >= 0.3 is 6.36 Å². The molecule has 1 aromatic carbocycles. The van der Waals surface area contributed by atoms with Crippen LogP contribution in [0.5, 0.6) is 5.75 Å². The minimum absolute atomic E-state index is 0.172. The van der Waals surface area contributed by atoms with Gasteiger partial charge in [0.05, 0.1) is 35.0 Å². The molecule has 4 rings (SSSR count). The van der Waals surface area contributed by atoms with E-state index in [0.29, 0.717) is 17.0 Å². The Morgan fingerprint density at radius 3 is 2.56 bits per heavy atom. The molecule has 4 aromatic rings. The second-order valence-corrected chi connectivity index (χ2v) is 5.63. The van der Waals surface area contributed by atoms with Crippen LogP contribution in [0.1, 0.15) is 5.69 Å². The van der Waals surface area contributed by atoms with Gasteiger partial charge in [-0.15, -0.1) is 13.2 Å². The van der Waals surface area contributed by atoms with Gasteiger partial charge in [0.2, 0.25) is 0 Å². The predicted molar refractivity (Wildman–Crippen MR) is 91.0 cm³/mol. The lowest BCUT2D eigenvalue weighted by Crippen LogP contribution is -2.17. The Labute approximate surface area is 150 Å². The number of hydrogen-bond acceptors (Lipinski definition) is 5. The maximum atomic E-state index is 12.3. The molecule has 0 saturated carbocycles. The van der Waals surface area contributed by atoms with Gasteiger partial charge in [0.1, 0.15) is 5.75 Å². The SMILES string of the molecule is NCc1nn(-c2ccc(OC(F)(F)F)cc2)c2nccc(-c3cnc[nH]3)c12. The molecule has 0 saturated heterocycles. The van der Waals surface area contributed by atoms with Crippen LogP contribution in [0.3, 0.4) is 0 Å². The van der Waals surface area contributed by atoms with Crippen LogP contribution in [-0.2, 0) is 6.54 Å². The van der Waals surface area contributed by atoms with E-state index >= 15 is 0 Å². The summed E-state index contributed by atoms with van der Waals surface area (Å²) in [5.74, 6) is -0.312. The van der Waals surface area contributed by atoms with E-state index in [0.717, 1.165) is 16.6 Å². The van der Waals surface area contributed by atoms with Crippen molar-refractivity contribution >= 4 is 11.0 Å². The van der Waals surface area contributed by atoms with Crippen molar-refractivity contribution in [1.29, 1.82) is 0 Å². The summed E-state index contributed by atoms with van der Waals surface area (Å²) in [4.78, 5) is 11.4. The summed E-state index contributed by atoms with van der Waals surface area (Å²) in [6.45, 7) is 0.172. The second-order valence-electron chi connectivity index (χ2n) is 5.63. The van der Waals surface area contributed by atoms with E-state index in [1.165, 1.54) is 28.9 Å². The van der Waals surface area contributed by atoms with Crippen molar-refractivity contribution < 1.29 is 17.9 Å². The molecule has 0 atom stereocenters. The molecule has 27 heavy (non-hydrogen) atoms. The molecule has 138 valence electrons. The van der Waals surface area contributed by atoms with Crippen molar-refractivity contribution in [2.45, 2.75) is 12.9 Å². The van der Waals surface area contributed by atoms with Crippen LogP contribution in [0.25, 0.3) is 28.0 Å². The van der Waals surface area contributed by atoms with Crippen LogP contribution in [0, 0.1) is 0 Å². The van der Waals surface area contributed by atoms with E-state index in [-0.39, 0.29) is 12.3 Å². The molecule has 3 aromatic heterocycles. The summed E-state index contributed by atoms with van der Waals surface area (Å²) in [6.07, 6.45) is 0.120. The van der Waals surface area contributed by atoms with Crippen LogP contribution in [0.2, 0.25) is 0 Å². The number of aromatic amines is 1. The molecule has 10 heteroatoms. The third-order valence-electron chi connectivity index (χ3n) is 3.94. The molecule has 0 unspecified atom stereocenters. The number of H-pyrrole nitrogens is 1. The number of imidazole rings is 1. The van der Waals surface area contributed by atoms with Gasteiger partial charge in [0.25, 0.3) is 0 Å². The topological polar surface area (TPSA) is 94.6 Å². The molecule has 3 heterocycles. The Balaban J connectivity index is 1.82. The maximum Gasteiger partial charge on any atom is 0.573 e. The molecule has 0 spiro atoms. The molecule has 0 radical (unpaired) electrons. The van der Waals surface area contributed by atoms with Crippen LogP contribution in [0.4, 0.5) is 13.2 Å². The summed E-state index contributed by atoms with van der Waals surface area (Å²) in [6, 6.07) is 7.20. The number of halogens is 3. The number of benzene rings is 1. The van der Waals surface area contributed by atoms with Crippen molar-refractivity contribution in [1.82, 2.24) is 24.7 Å². The molecule has 0 bridgehead atoms. The first-order valence-corrected chi connectivity index (χ1v) is 7.88. The smallest absolute Gasteiger partial charge is 0.406 e. The molecule has 0 aliphatic heterocycles. The molecule has 0 amide bonds. The average molecular weight is 374 g/mol. The van der Waals surface area contributed by atoms with Gasteiger partial charge in [-0.25, -0.2) is 14.6 Å². The number of nitrogens with zero attached hydrogens (tertiary/aromatic N) is 4. The highest BCUT2D eigenvalue weighted by atomic mass is 19.4. The van der Waals surface area contributed by atoms with E-state index in [9.17, 15) is 13.2 Å². The van der Waals surface area contributed by atoms with Crippen molar-refractivity contribution in [2.24, 2.45) is 5.73 Å². The molecule has 0 fully saturated rings. The Bertz CT molecular complexity index is 1070. The van der Waals surface area contributed by atoms with Crippen LogP contribution >= 0.6 is 0 Å². The number of nitrogens with one attached hydrogen (secondary N) is 1. The largest absolute Gasteiger partial charge is 0.573 e. The standard InChI is InChI=1S/C17H13F3N6O/c18-17(19,20)27-11-3-1-10(2-4-11)26-16-15(13(7-21)25-26)12(5-6-23-16)14-8-22-9-24-14/h1-6,8-9H,7,21H2,(H,22,24). The molecule has 7 nitrogen and oxygen atoms in total. The van der Waals surface area contributed by atoms with Crippen molar-refractivity contribution in [3.63, 3.8) is 0 Å². The summed E-state index contributed by atoms with van der Waals surface area (Å²) in [5, 5.41) is 5.23. The number of pyridine rings is 1. The van der Waals surface area contributed by atoms with E-state index in [2.05, 4.69) is 24.8 Å². The third-order valence-corrected chi connectivity index (χ3v) is 3.94. The number of ether oxygens (including phenoxy) is 1. The van der Waals surface area contributed by atoms with Crippen LogP contribution in [0.15, 0.2) is 49.1 Å². The quantitative estimate of drug-likeness (QED) is 0.572. The monoisotopic (exact) mass is 374 g/mol. The highest BCUT2D eigenvalue weighted by Crippen LogP contribution is 2.30. The van der Waals surface area contributed by atoms with Crippen molar-refractivity contribution in [3.8, 4) is 22.7 Å². The van der Waals surface area contributed by atoms with Gasteiger partial charge in [0, 0.05) is 18.3 Å². The fourth-order valence-corrected chi connectivity index (χ4v) is 2.85. The highest BCUT2D eigenvalue weighted by Gasteiger charge is 2.31. The number of nitrogens with two attached hydrogens (primary N) is 1. The Morgan fingerprint density at radius 1 is 1.15 bits per heavy atom.